The molecule has 0 saturated heterocycles. The summed E-state index contributed by atoms with van der Waals surface area (Å²) in [6, 6.07) is 9.11. The van der Waals surface area contributed by atoms with E-state index < -0.39 is 0 Å². The molecule has 1 aromatic rings. The lowest BCUT2D eigenvalue weighted by atomic mass is 9.79. The van der Waals surface area contributed by atoms with E-state index in [0.29, 0.717) is 18.1 Å². The predicted octanol–water partition coefficient (Wildman–Crippen LogP) is 3.64. The topological polar surface area (TPSA) is 21.3 Å². The molecule has 3 unspecified atom stereocenters. The lowest BCUT2D eigenvalue weighted by molar-refractivity contribution is 0.0113. The molecule has 1 N–H and O–H groups in total. The summed E-state index contributed by atoms with van der Waals surface area (Å²) in [5.41, 5.74) is 2.90. The Balaban J connectivity index is 2.15. The van der Waals surface area contributed by atoms with Gasteiger partial charge in [-0.25, -0.2) is 0 Å². The van der Waals surface area contributed by atoms with Crippen LogP contribution in [0.3, 0.4) is 0 Å². The number of rotatable bonds is 5. The molecule has 2 heteroatoms. The number of nitrogens with one attached hydrogen (secondary N) is 1. The first kappa shape index (κ1) is 13.6. The van der Waals surface area contributed by atoms with Crippen molar-refractivity contribution in [1.82, 2.24) is 5.32 Å². The minimum Gasteiger partial charge on any atom is -0.376 e. The molecule has 0 heterocycles. The molecule has 100 valence electrons. The van der Waals surface area contributed by atoms with Crippen molar-refractivity contribution in [3.63, 3.8) is 0 Å². The van der Waals surface area contributed by atoms with Gasteiger partial charge in [-0.1, -0.05) is 44.5 Å². The first-order valence-corrected chi connectivity index (χ1v) is 7.15. The highest BCUT2D eigenvalue weighted by atomic mass is 16.5. The van der Waals surface area contributed by atoms with Crippen molar-refractivity contribution in [2.75, 3.05) is 13.7 Å². The van der Waals surface area contributed by atoms with Crippen LogP contribution < -0.4 is 5.32 Å². The van der Waals surface area contributed by atoms with E-state index in [4.69, 9.17) is 4.74 Å². The molecular formula is C16H25NO. The van der Waals surface area contributed by atoms with Crippen molar-refractivity contribution in [3.8, 4) is 0 Å². The van der Waals surface area contributed by atoms with Crippen molar-refractivity contribution < 1.29 is 4.74 Å². The predicted molar refractivity (Wildman–Crippen MR) is 75.9 cm³/mol. The first-order valence-electron chi connectivity index (χ1n) is 7.15. The van der Waals surface area contributed by atoms with Gasteiger partial charge in [0.25, 0.3) is 0 Å². The Hall–Kier alpha value is -0.860. The Morgan fingerprint density at radius 1 is 1.28 bits per heavy atom. The smallest absolute Gasteiger partial charge is 0.0775 e. The SMILES string of the molecule is CCCCOC1CC(C)c2ccccc2C1NC. The third kappa shape index (κ3) is 2.76. The fraction of sp³-hybridized carbons (Fsp3) is 0.625. The molecule has 2 nitrogen and oxygen atoms in total. The molecule has 1 aliphatic carbocycles. The maximum Gasteiger partial charge on any atom is 0.0775 e. The average molecular weight is 247 g/mol. The molecular weight excluding hydrogens is 222 g/mol. The van der Waals surface area contributed by atoms with Crippen molar-refractivity contribution in [2.24, 2.45) is 0 Å². The standard InChI is InChI=1S/C16H25NO/c1-4-5-10-18-15-11-12(2)13-8-6-7-9-14(13)16(15)17-3/h6-9,12,15-17H,4-5,10-11H2,1-3H3. The molecule has 18 heavy (non-hydrogen) atoms. The molecule has 0 radical (unpaired) electrons. The highest BCUT2D eigenvalue weighted by molar-refractivity contribution is 5.36. The molecule has 0 bridgehead atoms. The van der Waals surface area contributed by atoms with Gasteiger partial charge in [-0.15, -0.1) is 0 Å². The lowest BCUT2D eigenvalue weighted by Gasteiger charge is -2.36. The average Bonchev–Trinajstić information content (AvgIpc) is 2.39. The van der Waals surface area contributed by atoms with Crippen LogP contribution in [0.4, 0.5) is 0 Å². The number of fused-ring (bicyclic) bond motifs is 1. The van der Waals surface area contributed by atoms with Crippen molar-refractivity contribution in [3.05, 3.63) is 35.4 Å². The molecule has 1 aromatic carbocycles. The summed E-state index contributed by atoms with van der Waals surface area (Å²) in [5.74, 6) is 0.595. The van der Waals surface area contributed by atoms with Crippen LogP contribution in [0.2, 0.25) is 0 Å². The number of ether oxygens (including phenoxy) is 1. The minimum atomic E-state index is 0.312. The number of benzene rings is 1. The van der Waals surface area contributed by atoms with Crippen LogP contribution in [0.1, 0.15) is 56.2 Å². The summed E-state index contributed by atoms with van der Waals surface area (Å²) in [6.07, 6.45) is 3.78. The lowest BCUT2D eigenvalue weighted by Crippen LogP contribution is -2.37. The van der Waals surface area contributed by atoms with Gasteiger partial charge in [-0.3, -0.25) is 0 Å². The maximum absolute atomic E-state index is 6.09. The fourth-order valence-corrected chi connectivity index (χ4v) is 2.94. The Bertz CT molecular complexity index is 377. The Labute approximate surface area is 111 Å². The van der Waals surface area contributed by atoms with Crippen molar-refractivity contribution >= 4 is 0 Å². The quantitative estimate of drug-likeness (QED) is 0.802. The monoisotopic (exact) mass is 247 g/mol. The zero-order valence-corrected chi connectivity index (χ0v) is 11.8. The molecule has 0 spiro atoms. The van der Waals surface area contributed by atoms with Gasteiger partial charge in [0.15, 0.2) is 0 Å². The van der Waals surface area contributed by atoms with E-state index in [0.717, 1.165) is 19.4 Å². The zero-order chi connectivity index (χ0) is 13.0. The highest BCUT2D eigenvalue weighted by Crippen LogP contribution is 2.38. The van der Waals surface area contributed by atoms with Gasteiger partial charge >= 0.3 is 0 Å². The van der Waals surface area contributed by atoms with Crippen molar-refractivity contribution in [2.45, 2.75) is 51.2 Å². The largest absolute Gasteiger partial charge is 0.376 e. The normalized spacial score (nSPS) is 26.9. The van der Waals surface area contributed by atoms with E-state index in [1.54, 1.807) is 0 Å². The molecule has 3 atom stereocenters. The minimum absolute atomic E-state index is 0.312. The van der Waals surface area contributed by atoms with Gasteiger partial charge in [0.2, 0.25) is 0 Å². The third-order valence-electron chi connectivity index (χ3n) is 3.96. The Morgan fingerprint density at radius 3 is 2.67 bits per heavy atom. The number of hydrogen-bond acceptors (Lipinski definition) is 2. The van der Waals surface area contributed by atoms with E-state index in [-0.39, 0.29) is 0 Å². The van der Waals surface area contributed by atoms with E-state index >= 15 is 0 Å². The van der Waals surface area contributed by atoms with Gasteiger partial charge in [0.05, 0.1) is 12.1 Å². The Morgan fingerprint density at radius 2 is 2.00 bits per heavy atom. The summed E-state index contributed by atoms with van der Waals surface area (Å²) in [5, 5.41) is 3.43. The van der Waals surface area contributed by atoms with E-state index in [1.165, 1.54) is 17.5 Å². The van der Waals surface area contributed by atoms with Crippen molar-refractivity contribution in [1.29, 1.82) is 0 Å². The summed E-state index contributed by atoms with van der Waals surface area (Å²) < 4.78 is 6.09. The second-order valence-electron chi connectivity index (χ2n) is 5.29. The first-order chi connectivity index (χ1) is 8.77. The van der Waals surface area contributed by atoms with Crippen LogP contribution in [-0.4, -0.2) is 19.8 Å². The second-order valence-corrected chi connectivity index (χ2v) is 5.29. The maximum atomic E-state index is 6.09. The summed E-state index contributed by atoms with van der Waals surface area (Å²) >= 11 is 0. The zero-order valence-electron chi connectivity index (χ0n) is 11.8. The fourth-order valence-electron chi connectivity index (χ4n) is 2.94. The molecule has 1 aliphatic rings. The van der Waals surface area contributed by atoms with E-state index in [2.05, 4.69) is 43.4 Å². The van der Waals surface area contributed by atoms with Crippen LogP contribution >= 0.6 is 0 Å². The summed E-state index contributed by atoms with van der Waals surface area (Å²) in [4.78, 5) is 0. The van der Waals surface area contributed by atoms with Gasteiger partial charge in [-0.05, 0) is 36.9 Å². The molecule has 0 aliphatic heterocycles. The molecule has 0 amide bonds. The second kappa shape index (κ2) is 6.35. The highest BCUT2D eigenvalue weighted by Gasteiger charge is 2.32. The van der Waals surface area contributed by atoms with Crippen LogP contribution in [0, 0.1) is 0 Å². The molecule has 0 saturated carbocycles. The van der Waals surface area contributed by atoms with Gasteiger partial charge in [0, 0.05) is 6.61 Å². The van der Waals surface area contributed by atoms with E-state index in [9.17, 15) is 0 Å². The van der Waals surface area contributed by atoms with Crippen LogP contribution in [-0.2, 0) is 4.74 Å². The van der Waals surface area contributed by atoms with Crippen LogP contribution in [0.5, 0.6) is 0 Å². The summed E-state index contributed by atoms with van der Waals surface area (Å²) in [7, 11) is 2.04. The molecule has 0 aromatic heterocycles. The van der Waals surface area contributed by atoms with E-state index in [1.807, 2.05) is 7.05 Å². The number of likely N-dealkylation sites (N-methyl/N-ethyl adjacent to an activating group) is 1. The summed E-state index contributed by atoms with van der Waals surface area (Å²) in [6.45, 7) is 5.40. The third-order valence-corrected chi connectivity index (χ3v) is 3.96. The van der Waals surface area contributed by atoms with Gasteiger partial charge < -0.3 is 10.1 Å². The van der Waals surface area contributed by atoms with Crippen LogP contribution in [0.15, 0.2) is 24.3 Å². The molecule has 0 fully saturated rings. The van der Waals surface area contributed by atoms with Gasteiger partial charge in [-0.2, -0.15) is 0 Å². The van der Waals surface area contributed by atoms with Crippen LogP contribution in [0.25, 0.3) is 0 Å². The number of unbranched alkanes of at least 4 members (excludes halogenated alkanes) is 1. The Kier molecular flexibility index (Phi) is 4.79. The number of hydrogen-bond donors (Lipinski definition) is 1. The molecule has 2 rings (SSSR count). The van der Waals surface area contributed by atoms with Gasteiger partial charge in [0.1, 0.15) is 0 Å².